The van der Waals surface area contributed by atoms with Gasteiger partial charge >= 0.3 is 0 Å². The Morgan fingerprint density at radius 1 is 1.09 bits per heavy atom. The monoisotopic (exact) mass is 495 g/mol. The lowest BCUT2D eigenvalue weighted by atomic mass is 10.1. The second-order valence-electron chi connectivity index (χ2n) is 8.27. The van der Waals surface area contributed by atoms with E-state index < -0.39 is 6.10 Å². The molecule has 8 nitrogen and oxygen atoms in total. The van der Waals surface area contributed by atoms with Gasteiger partial charge in [-0.05, 0) is 63.4 Å². The fourth-order valence-corrected chi connectivity index (χ4v) is 4.34. The van der Waals surface area contributed by atoms with Crippen molar-refractivity contribution in [3.05, 3.63) is 65.0 Å². The molecule has 3 aromatic rings. The van der Waals surface area contributed by atoms with Gasteiger partial charge in [0.2, 0.25) is 5.91 Å². The van der Waals surface area contributed by atoms with Crippen LogP contribution in [0.15, 0.2) is 47.6 Å². The molecule has 2 aromatic carbocycles. The number of hydrogen-bond acceptors (Lipinski definition) is 6. The number of benzene rings is 2. The highest BCUT2D eigenvalue weighted by Gasteiger charge is 2.18. The van der Waals surface area contributed by atoms with Gasteiger partial charge in [0.05, 0.1) is 12.3 Å². The third kappa shape index (κ3) is 7.32. The number of hydrogen-bond donors (Lipinski definition) is 2. The first-order valence-electron chi connectivity index (χ1n) is 11.8. The molecule has 0 radical (unpaired) electrons. The fourth-order valence-electron chi connectivity index (χ4n) is 3.52. The first-order chi connectivity index (χ1) is 16.8. The molecule has 0 spiro atoms. The van der Waals surface area contributed by atoms with Crippen LogP contribution in [0.3, 0.4) is 0 Å². The standard InChI is InChI=1S/C26H33N5O3S/c1-6-20-9-11-21(12-10-20)34-19(5)25(33)27-15-23-29-30-26(31(23)7-2)35-16-24(32)28-22-13-8-17(3)14-18(22)4/h8-14,19H,6-7,15-16H2,1-5H3,(H,27,33)(H,28,32)/t19-/m0/s1. The largest absolute Gasteiger partial charge is 0.481 e. The number of aryl methyl sites for hydroxylation is 3. The molecule has 1 heterocycles. The van der Waals surface area contributed by atoms with Gasteiger partial charge in [-0.25, -0.2) is 0 Å². The zero-order chi connectivity index (χ0) is 25.4. The van der Waals surface area contributed by atoms with E-state index in [1.165, 1.54) is 17.3 Å². The van der Waals surface area contributed by atoms with E-state index in [2.05, 4.69) is 27.8 Å². The van der Waals surface area contributed by atoms with Crippen molar-refractivity contribution in [2.45, 2.75) is 65.4 Å². The topological polar surface area (TPSA) is 98.1 Å². The number of anilines is 1. The highest BCUT2D eigenvalue weighted by atomic mass is 32.2. The van der Waals surface area contributed by atoms with E-state index >= 15 is 0 Å². The molecule has 0 fully saturated rings. The first-order valence-corrected chi connectivity index (χ1v) is 12.7. The smallest absolute Gasteiger partial charge is 0.261 e. The van der Waals surface area contributed by atoms with E-state index in [9.17, 15) is 9.59 Å². The predicted molar refractivity (Wildman–Crippen MR) is 139 cm³/mol. The summed E-state index contributed by atoms with van der Waals surface area (Å²) >= 11 is 1.31. The Bertz CT molecular complexity index is 1160. The number of thioether (sulfide) groups is 1. The minimum Gasteiger partial charge on any atom is -0.481 e. The third-order valence-corrected chi connectivity index (χ3v) is 6.50. The molecule has 0 saturated heterocycles. The van der Waals surface area contributed by atoms with Gasteiger partial charge in [-0.15, -0.1) is 10.2 Å². The molecule has 1 atom stereocenters. The van der Waals surface area contributed by atoms with Gasteiger partial charge in [0.25, 0.3) is 5.91 Å². The van der Waals surface area contributed by atoms with E-state index in [4.69, 9.17) is 4.74 Å². The van der Waals surface area contributed by atoms with Crippen molar-refractivity contribution in [2.24, 2.45) is 0 Å². The van der Waals surface area contributed by atoms with E-state index in [1.54, 1.807) is 6.92 Å². The summed E-state index contributed by atoms with van der Waals surface area (Å²) in [5, 5.41) is 14.9. The van der Waals surface area contributed by atoms with Crippen LogP contribution in [0.2, 0.25) is 0 Å². The number of nitrogens with zero attached hydrogens (tertiary/aromatic N) is 3. The molecule has 3 rings (SSSR count). The van der Waals surface area contributed by atoms with Crippen LogP contribution in [0.5, 0.6) is 5.75 Å². The van der Waals surface area contributed by atoms with Gasteiger partial charge in [0.15, 0.2) is 17.1 Å². The lowest BCUT2D eigenvalue weighted by molar-refractivity contribution is -0.127. The molecule has 2 amide bonds. The minimum atomic E-state index is -0.650. The number of ether oxygens (including phenoxy) is 1. The molecule has 0 aliphatic carbocycles. The molecule has 1 aromatic heterocycles. The summed E-state index contributed by atoms with van der Waals surface area (Å²) in [6, 6.07) is 13.6. The van der Waals surface area contributed by atoms with Crippen LogP contribution in [-0.2, 0) is 29.1 Å². The lowest BCUT2D eigenvalue weighted by Crippen LogP contribution is -2.36. The third-order valence-electron chi connectivity index (χ3n) is 5.53. The van der Waals surface area contributed by atoms with Gasteiger partial charge in [0.1, 0.15) is 5.75 Å². The molecule has 186 valence electrons. The number of carbonyl (C=O) groups is 2. The number of rotatable bonds is 11. The Hall–Kier alpha value is -3.33. The molecule has 0 aliphatic heterocycles. The molecular formula is C26H33N5O3S. The molecule has 9 heteroatoms. The van der Waals surface area contributed by atoms with Gasteiger partial charge < -0.3 is 19.9 Å². The molecule has 0 unspecified atom stereocenters. The summed E-state index contributed by atoms with van der Waals surface area (Å²) in [6.07, 6.45) is 0.300. The summed E-state index contributed by atoms with van der Waals surface area (Å²) in [5.74, 6) is 1.13. The first kappa shape index (κ1) is 26.3. The van der Waals surface area contributed by atoms with Crippen molar-refractivity contribution in [3.8, 4) is 5.75 Å². The van der Waals surface area contributed by atoms with Crippen molar-refractivity contribution in [1.82, 2.24) is 20.1 Å². The Labute approximate surface area is 210 Å². The summed E-state index contributed by atoms with van der Waals surface area (Å²) in [6.45, 7) is 10.6. The summed E-state index contributed by atoms with van der Waals surface area (Å²) in [7, 11) is 0. The van der Waals surface area contributed by atoms with Crippen LogP contribution < -0.4 is 15.4 Å². The highest BCUT2D eigenvalue weighted by molar-refractivity contribution is 7.99. The Kier molecular flexibility index (Phi) is 9.31. The predicted octanol–water partition coefficient (Wildman–Crippen LogP) is 4.29. The van der Waals surface area contributed by atoms with E-state index in [-0.39, 0.29) is 24.1 Å². The van der Waals surface area contributed by atoms with Crippen molar-refractivity contribution in [1.29, 1.82) is 0 Å². The maximum absolute atomic E-state index is 12.5. The fraction of sp³-hybridized carbons (Fsp3) is 0.385. The molecule has 2 N–H and O–H groups in total. The summed E-state index contributed by atoms with van der Waals surface area (Å²) < 4.78 is 7.64. The summed E-state index contributed by atoms with van der Waals surface area (Å²) in [5.41, 5.74) is 4.19. The molecule has 35 heavy (non-hydrogen) atoms. The van der Waals surface area contributed by atoms with Gasteiger partial charge in [-0.1, -0.05) is 48.5 Å². The van der Waals surface area contributed by atoms with Gasteiger partial charge in [0, 0.05) is 12.2 Å². The molecule has 0 bridgehead atoms. The highest BCUT2D eigenvalue weighted by Crippen LogP contribution is 2.20. The van der Waals surface area contributed by atoms with Gasteiger partial charge in [-0.2, -0.15) is 0 Å². The minimum absolute atomic E-state index is 0.111. The Balaban J connectivity index is 1.51. The summed E-state index contributed by atoms with van der Waals surface area (Å²) in [4.78, 5) is 25.0. The average Bonchev–Trinajstić information content (AvgIpc) is 3.25. The maximum atomic E-state index is 12.5. The maximum Gasteiger partial charge on any atom is 0.261 e. The van der Waals surface area contributed by atoms with E-state index in [0.29, 0.717) is 23.3 Å². The normalized spacial score (nSPS) is 11.7. The second-order valence-corrected chi connectivity index (χ2v) is 9.22. The van der Waals surface area contributed by atoms with Crippen LogP contribution >= 0.6 is 11.8 Å². The van der Waals surface area contributed by atoms with Crippen LogP contribution in [-0.4, -0.2) is 38.4 Å². The lowest BCUT2D eigenvalue weighted by Gasteiger charge is -2.15. The quantitative estimate of drug-likeness (QED) is 0.385. The number of aromatic nitrogens is 3. The van der Waals surface area contributed by atoms with Crippen molar-refractivity contribution < 1.29 is 14.3 Å². The number of nitrogens with one attached hydrogen (secondary N) is 2. The van der Waals surface area contributed by atoms with E-state index in [1.807, 2.05) is 67.8 Å². The second kappa shape index (κ2) is 12.4. The molecular weight excluding hydrogens is 462 g/mol. The van der Waals surface area contributed by atoms with Crippen molar-refractivity contribution >= 4 is 29.3 Å². The number of amides is 2. The SMILES string of the molecule is CCc1ccc(O[C@@H](C)C(=O)NCc2nnc(SCC(=O)Nc3ccc(C)cc3C)n2CC)cc1. The average molecular weight is 496 g/mol. The van der Waals surface area contributed by atoms with Crippen LogP contribution in [0.1, 0.15) is 43.3 Å². The molecule has 0 saturated carbocycles. The van der Waals surface area contributed by atoms with Crippen LogP contribution in [0.25, 0.3) is 0 Å². The Morgan fingerprint density at radius 2 is 1.83 bits per heavy atom. The van der Waals surface area contributed by atoms with Crippen molar-refractivity contribution in [3.63, 3.8) is 0 Å². The Morgan fingerprint density at radius 3 is 2.49 bits per heavy atom. The van der Waals surface area contributed by atoms with Crippen LogP contribution in [0, 0.1) is 13.8 Å². The van der Waals surface area contributed by atoms with E-state index in [0.717, 1.165) is 23.2 Å². The molecule has 0 aliphatic rings. The van der Waals surface area contributed by atoms with Crippen molar-refractivity contribution in [2.75, 3.05) is 11.1 Å². The van der Waals surface area contributed by atoms with Crippen LogP contribution in [0.4, 0.5) is 5.69 Å². The zero-order valence-corrected chi connectivity index (χ0v) is 21.7. The zero-order valence-electron chi connectivity index (χ0n) is 20.9. The van der Waals surface area contributed by atoms with Gasteiger partial charge in [-0.3, -0.25) is 9.59 Å². The number of carbonyl (C=O) groups excluding carboxylic acids is 2.